The fourth-order valence-electron chi connectivity index (χ4n) is 1.73. The maximum Gasteiger partial charge on any atom is 0.229 e. The molecule has 1 aliphatic heterocycles. The van der Waals surface area contributed by atoms with Crippen molar-refractivity contribution in [1.29, 1.82) is 0 Å². The summed E-state index contributed by atoms with van der Waals surface area (Å²) in [5.41, 5.74) is 5.17. The number of nitrogens with two attached hydrogens (primary N) is 1. The maximum atomic E-state index is 12.2. The molecule has 0 radical (unpaired) electrons. The lowest BCUT2D eigenvalue weighted by atomic mass is 9.86. The molecule has 2 amide bonds. The predicted molar refractivity (Wildman–Crippen MR) is 61.7 cm³/mol. The van der Waals surface area contributed by atoms with E-state index in [0.717, 1.165) is 6.42 Å². The first-order chi connectivity index (χ1) is 7.53. The number of nitrogens with one attached hydrogen (secondary N) is 1. The van der Waals surface area contributed by atoms with E-state index in [-0.39, 0.29) is 11.8 Å². The van der Waals surface area contributed by atoms with E-state index in [1.807, 2.05) is 13.8 Å². The summed E-state index contributed by atoms with van der Waals surface area (Å²) in [7, 11) is 0. The molecule has 1 aliphatic rings. The number of carbonyl (C=O) groups excluding carboxylic acids is 2. The van der Waals surface area contributed by atoms with Crippen molar-refractivity contribution in [3.05, 3.63) is 0 Å². The topological polar surface area (TPSA) is 75.4 Å². The molecular weight excluding hydrogens is 206 g/mol. The first-order valence-corrected chi connectivity index (χ1v) is 5.79. The average molecular weight is 227 g/mol. The van der Waals surface area contributed by atoms with Gasteiger partial charge in [-0.05, 0) is 13.3 Å². The van der Waals surface area contributed by atoms with Crippen molar-refractivity contribution in [1.82, 2.24) is 10.2 Å². The minimum Gasteiger partial charge on any atom is -0.354 e. The Morgan fingerprint density at radius 3 is 2.81 bits per heavy atom. The molecule has 1 saturated heterocycles. The highest BCUT2D eigenvalue weighted by Crippen LogP contribution is 2.22. The van der Waals surface area contributed by atoms with Gasteiger partial charge in [0.05, 0.1) is 5.41 Å². The largest absolute Gasteiger partial charge is 0.354 e. The van der Waals surface area contributed by atoms with E-state index >= 15 is 0 Å². The number of nitrogens with zero attached hydrogens (tertiary/aromatic N) is 1. The number of hydrogen-bond donors (Lipinski definition) is 2. The summed E-state index contributed by atoms with van der Waals surface area (Å²) in [5.74, 6) is 0.0789. The van der Waals surface area contributed by atoms with Gasteiger partial charge in [-0.25, -0.2) is 0 Å². The first-order valence-electron chi connectivity index (χ1n) is 5.79. The highest BCUT2D eigenvalue weighted by molar-refractivity contribution is 5.84. The second-order valence-corrected chi connectivity index (χ2v) is 4.51. The Labute approximate surface area is 96.4 Å². The summed E-state index contributed by atoms with van der Waals surface area (Å²) >= 11 is 0. The summed E-state index contributed by atoms with van der Waals surface area (Å²) in [6.07, 6.45) is 1.11. The maximum absolute atomic E-state index is 12.2. The van der Waals surface area contributed by atoms with Crippen LogP contribution in [0.25, 0.3) is 0 Å². The van der Waals surface area contributed by atoms with Gasteiger partial charge in [-0.15, -0.1) is 0 Å². The van der Waals surface area contributed by atoms with E-state index in [4.69, 9.17) is 5.73 Å². The van der Waals surface area contributed by atoms with Crippen LogP contribution in [0.4, 0.5) is 0 Å². The van der Waals surface area contributed by atoms with Crippen LogP contribution in [0.3, 0.4) is 0 Å². The van der Waals surface area contributed by atoms with Crippen molar-refractivity contribution in [3.63, 3.8) is 0 Å². The van der Waals surface area contributed by atoms with E-state index < -0.39 is 5.41 Å². The standard InChI is InChI=1S/C11H21N3O2/c1-3-11(2,8-12)10(16)14-6-4-9(15)13-5-7-14/h3-8,12H2,1-2H3,(H,13,15). The molecule has 5 heteroatoms. The van der Waals surface area contributed by atoms with E-state index in [1.54, 1.807) is 4.90 Å². The summed E-state index contributed by atoms with van der Waals surface area (Å²) in [4.78, 5) is 25.2. The Morgan fingerprint density at radius 2 is 2.25 bits per heavy atom. The van der Waals surface area contributed by atoms with Crippen molar-refractivity contribution < 1.29 is 9.59 Å². The normalized spacial score (nSPS) is 20.9. The van der Waals surface area contributed by atoms with Gasteiger partial charge >= 0.3 is 0 Å². The van der Waals surface area contributed by atoms with Crippen molar-refractivity contribution in [3.8, 4) is 0 Å². The Balaban J connectivity index is 2.69. The van der Waals surface area contributed by atoms with Crippen LogP contribution in [0, 0.1) is 5.41 Å². The van der Waals surface area contributed by atoms with Crippen molar-refractivity contribution in [2.45, 2.75) is 26.7 Å². The molecule has 0 saturated carbocycles. The molecule has 0 bridgehead atoms. The van der Waals surface area contributed by atoms with E-state index in [1.165, 1.54) is 0 Å². The summed E-state index contributed by atoms with van der Waals surface area (Å²) < 4.78 is 0. The van der Waals surface area contributed by atoms with Crippen molar-refractivity contribution in [2.75, 3.05) is 26.2 Å². The fourth-order valence-corrected chi connectivity index (χ4v) is 1.73. The molecular formula is C11H21N3O2. The molecule has 1 unspecified atom stereocenters. The first kappa shape index (κ1) is 13.0. The molecule has 5 nitrogen and oxygen atoms in total. The Morgan fingerprint density at radius 1 is 1.56 bits per heavy atom. The van der Waals surface area contributed by atoms with Gasteiger partial charge in [0.15, 0.2) is 0 Å². The molecule has 0 aromatic carbocycles. The monoisotopic (exact) mass is 227 g/mol. The Bertz CT molecular complexity index is 274. The predicted octanol–water partition coefficient (Wildman–Crippen LogP) is -0.290. The van der Waals surface area contributed by atoms with Crippen LogP contribution >= 0.6 is 0 Å². The van der Waals surface area contributed by atoms with Crippen LogP contribution in [0.5, 0.6) is 0 Å². The number of carbonyl (C=O) groups is 2. The molecule has 1 heterocycles. The minimum absolute atomic E-state index is 0.0150. The molecule has 3 N–H and O–H groups in total. The summed E-state index contributed by atoms with van der Waals surface area (Å²) in [6.45, 7) is 5.82. The molecule has 16 heavy (non-hydrogen) atoms. The molecule has 0 spiro atoms. The van der Waals surface area contributed by atoms with E-state index in [2.05, 4.69) is 5.32 Å². The van der Waals surface area contributed by atoms with Crippen LogP contribution in [0.15, 0.2) is 0 Å². The zero-order valence-electron chi connectivity index (χ0n) is 10.1. The smallest absolute Gasteiger partial charge is 0.229 e. The molecule has 0 aliphatic carbocycles. The SMILES string of the molecule is CCC(C)(CN)C(=O)N1CCNC(=O)CC1. The molecule has 1 rings (SSSR count). The molecule has 0 aromatic rings. The lowest BCUT2D eigenvalue weighted by Gasteiger charge is -2.32. The molecule has 1 fully saturated rings. The Kier molecular flexibility index (Phi) is 4.29. The van der Waals surface area contributed by atoms with Crippen molar-refractivity contribution >= 4 is 11.8 Å². The van der Waals surface area contributed by atoms with Gasteiger partial charge in [0.1, 0.15) is 0 Å². The second-order valence-electron chi connectivity index (χ2n) is 4.51. The highest BCUT2D eigenvalue weighted by Gasteiger charge is 2.34. The van der Waals surface area contributed by atoms with Gasteiger partial charge in [0.2, 0.25) is 11.8 Å². The van der Waals surface area contributed by atoms with Crippen molar-refractivity contribution in [2.24, 2.45) is 11.1 Å². The summed E-state index contributed by atoms with van der Waals surface area (Å²) in [6, 6.07) is 0. The molecule has 0 aromatic heterocycles. The average Bonchev–Trinajstić information content (AvgIpc) is 2.52. The number of amides is 2. The van der Waals surface area contributed by atoms with Gasteiger partial charge in [0, 0.05) is 32.6 Å². The number of hydrogen-bond acceptors (Lipinski definition) is 3. The lowest BCUT2D eigenvalue weighted by Crippen LogP contribution is -2.47. The summed E-state index contributed by atoms with van der Waals surface area (Å²) in [5, 5.41) is 2.75. The Hall–Kier alpha value is -1.10. The van der Waals surface area contributed by atoms with Gasteiger partial charge in [0.25, 0.3) is 0 Å². The van der Waals surface area contributed by atoms with Gasteiger partial charge in [-0.2, -0.15) is 0 Å². The zero-order valence-corrected chi connectivity index (χ0v) is 10.1. The number of rotatable bonds is 3. The van der Waals surface area contributed by atoms with Crippen LogP contribution in [-0.2, 0) is 9.59 Å². The van der Waals surface area contributed by atoms with E-state index in [0.29, 0.717) is 32.6 Å². The fraction of sp³-hybridized carbons (Fsp3) is 0.818. The molecule has 1 atom stereocenters. The highest BCUT2D eigenvalue weighted by atomic mass is 16.2. The lowest BCUT2D eigenvalue weighted by molar-refractivity contribution is -0.140. The second kappa shape index (κ2) is 5.30. The third-order valence-electron chi connectivity index (χ3n) is 3.35. The third-order valence-corrected chi connectivity index (χ3v) is 3.35. The third kappa shape index (κ3) is 2.72. The van der Waals surface area contributed by atoms with Crippen LogP contribution < -0.4 is 11.1 Å². The molecule has 92 valence electrons. The van der Waals surface area contributed by atoms with Crippen LogP contribution in [0.2, 0.25) is 0 Å². The van der Waals surface area contributed by atoms with Gasteiger partial charge in [-0.1, -0.05) is 6.92 Å². The van der Waals surface area contributed by atoms with Crippen LogP contribution in [-0.4, -0.2) is 42.9 Å². The zero-order chi connectivity index (χ0) is 12.2. The minimum atomic E-state index is -0.493. The van der Waals surface area contributed by atoms with Gasteiger partial charge in [-0.3, -0.25) is 9.59 Å². The van der Waals surface area contributed by atoms with Crippen LogP contribution in [0.1, 0.15) is 26.7 Å². The van der Waals surface area contributed by atoms with E-state index in [9.17, 15) is 9.59 Å². The van der Waals surface area contributed by atoms with Gasteiger partial charge < -0.3 is 16.0 Å². The quantitative estimate of drug-likeness (QED) is 0.695.